The summed E-state index contributed by atoms with van der Waals surface area (Å²) in [6, 6.07) is 15.4. The average Bonchev–Trinajstić information content (AvgIpc) is 3.60. The van der Waals surface area contributed by atoms with Crippen LogP contribution in [0.25, 0.3) is 11.1 Å². The molecule has 176 valence electrons. The summed E-state index contributed by atoms with van der Waals surface area (Å²) in [7, 11) is 1.55. The molecule has 5 rings (SSSR count). The molecule has 0 aliphatic heterocycles. The molecule has 6 heteroatoms. The van der Waals surface area contributed by atoms with Gasteiger partial charge < -0.3 is 14.6 Å². The molecule has 0 aromatic heterocycles. The highest BCUT2D eigenvalue weighted by Crippen LogP contribution is 2.47. The second-order valence-electron chi connectivity index (χ2n) is 9.11. The Morgan fingerprint density at radius 2 is 1.91 bits per heavy atom. The van der Waals surface area contributed by atoms with Crippen molar-refractivity contribution in [3.63, 3.8) is 0 Å². The lowest BCUT2D eigenvalue weighted by Gasteiger charge is -2.20. The van der Waals surface area contributed by atoms with Gasteiger partial charge in [0.25, 0.3) is 0 Å². The number of hydrogen-bond acceptors (Lipinski definition) is 3. The highest BCUT2D eigenvalue weighted by molar-refractivity contribution is 5.69. The molecule has 3 aromatic carbocycles. The number of hydrogen-bond donors (Lipinski definition) is 1. The summed E-state index contributed by atoms with van der Waals surface area (Å²) in [6.45, 7) is 0. The molecule has 0 amide bonds. The zero-order chi connectivity index (χ0) is 23.8. The van der Waals surface area contributed by atoms with Crippen LogP contribution in [-0.4, -0.2) is 18.2 Å². The van der Waals surface area contributed by atoms with Crippen molar-refractivity contribution in [3.05, 3.63) is 82.9 Å². The Kier molecular flexibility index (Phi) is 5.98. The fraction of sp³-hybridized carbons (Fsp3) is 0.321. The van der Waals surface area contributed by atoms with Crippen LogP contribution >= 0.6 is 0 Å². The number of carboxylic acids is 1. The molecule has 2 aliphatic carbocycles. The van der Waals surface area contributed by atoms with Crippen LogP contribution in [0.15, 0.2) is 54.6 Å². The maximum Gasteiger partial charge on any atom is 0.303 e. The van der Waals surface area contributed by atoms with E-state index in [0.717, 1.165) is 36.0 Å². The van der Waals surface area contributed by atoms with Gasteiger partial charge in [-0.25, -0.2) is 8.78 Å². The van der Waals surface area contributed by atoms with Gasteiger partial charge in [0, 0.05) is 11.5 Å². The first-order chi connectivity index (χ1) is 16.4. The van der Waals surface area contributed by atoms with Crippen LogP contribution in [-0.2, 0) is 11.2 Å². The molecule has 1 unspecified atom stereocenters. The number of aryl methyl sites for hydroxylation is 1. The van der Waals surface area contributed by atoms with Crippen molar-refractivity contribution in [1.82, 2.24) is 0 Å². The summed E-state index contributed by atoms with van der Waals surface area (Å²) in [4.78, 5) is 11.3. The van der Waals surface area contributed by atoms with E-state index in [9.17, 15) is 14.3 Å². The monoisotopic (exact) mass is 464 g/mol. The van der Waals surface area contributed by atoms with Crippen molar-refractivity contribution in [2.45, 2.75) is 44.1 Å². The van der Waals surface area contributed by atoms with Gasteiger partial charge in [-0.3, -0.25) is 4.79 Å². The van der Waals surface area contributed by atoms with Gasteiger partial charge in [-0.05, 0) is 78.1 Å². The standard InChI is InChI=1S/C28H26F2O4/c1-33-19-9-11-24(29)23(14-19)18-7-10-20-17(13-18)8-12-25(20)34-26-4-2-3-21(28(26)30)22(15-27(31)32)16-5-6-16/h2-4,7,9-11,13-14,16,22,25H,5-6,8,12,15H2,1H3,(H,31,32)/t22?,25-/m1/s1. The number of ether oxygens (including phenoxy) is 2. The fourth-order valence-electron chi connectivity index (χ4n) is 5.00. The Labute approximate surface area is 197 Å². The van der Waals surface area contributed by atoms with Crippen LogP contribution in [0, 0.1) is 17.6 Å². The lowest BCUT2D eigenvalue weighted by Crippen LogP contribution is -2.12. The fourth-order valence-corrected chi connectivity index (χ4v) is 5.00. The number of benzene rings is 3. The maximum absolute atomic E-state index is 15.4. The van der Waals surface area contributed by atoms with Crippen LogP contribution in [0.4, 0.5) is 8.78 Å². The number of aliphatic carboxylic acids is 1. The molecule has 2 atom stereocenters. The van der Waals surface area contributed by atoms with Gasteiger partial charge in [0.1, 0.15) is 17.7 Å². The van der Waals surface area contributed by atoms with Gasteiger partial charge in [0.05, 0.1) is 13.5 Å². The number of carboxylic acid groups (broad SMARTS) is 1. The van der Waals surface area contributed by atoms with Crippen LogP contribution in [0.1, 0.15) is 54.4 Å². The Morgan fingerprint density at radius 1 is 1.09 bits per heavy atom. The molecule has 1 N–H and O–H groups in total. The van der Waals surface area contributed by atoms with Crippen molar-refractivity contribution in [2.24, 2.45) is 5.92 Å². The van der Waals surface area contributed by atoms with E-state index in [1.54, 1.807) is 37.4 Å². The normalized spacial score (nSPS) is 17.8. The van der Waals surface area contributed by atoms with Crippen LogP contribution in [0.5, 0.6) is 11.5 Å². The molecule has 0 saturated heterocycles. The Hall–Kier alpha value is -3.41. The minimum atomic E-state index is -0.921. The second kappa shape index (κ2) is 9.09. The largest absolute Gasteiger partial charge is 0.497 e. The first-order valence-electron chi connectivity index (χ1n) is 11.6. The molecule has 2 aliphatic rings. The van der Waals surface area contributed by atoms with Gasteiger partial charge in [-0.1, -0.05) is 30.3 Å². The van der Waals surface area contributed by atoms with Crippen molar-refractivity contribution in [3.8, 4) is 22.6 Å². The van der Waals surface area contributed by atoms with Gasteiger partial charge >= 0.3 is 5.97 Å². The molecular formula is C28H26F2O4. The maximum atomic E-state index is 15.4. The van der Waals surface area contributed by atoms with Gasteiger partial charge in [0.2, 0.25) is 0 Å². The van der Waals surface area contributed by atoms with Crippen LogP contribution < -0.4 is 9.47 Å². The van der Waals surface area contributed by atoms with Crippen LogP contribution in [0.3, 0.4) is 0 Å². The lowest BCUT2D eigenvalue weighted by atomic mass is 9.90. The summed E-state index contributed by atoms with van der Waals surface area (Å²) >= 11 is 0. The molecule has 0 bridgehead atoms. The van der Waals surface area contributed by atoms with E-state index in [2.05, 4.69) is 0 Å². The summed E-state index contributed by atoms with van der Waals surface area (Å²) < 4.78 is 41.2. The molecule has 4 nitrogen and oxygen atoms in total. The lowest BCUT2D eigenvalue weighted by molar-refractivity contribution is -0.137. The van der Waals surface area contributed by atoms with Gasteiger partial charge in [0.15, 0.2) is 11.6 Å². The number of carbonyl (C=O) groups is 1. The Balaban J connectivity index is 1.40. The minimum absolute atomic E-state index is 0.0824. The quantitative estimate of drug-likeness (QED) is 0.404. The second-order valence-corrected chi connectivity index (χ2v) is 9.11. The van der Waals surface area contributed by atoms with E-state index < -0.39 is 11.8 Å². The van der Waals surface area contributed by atoms with E-state index in [-0.39, 0.29) is 35.9 Å². The van der Waals surface area contributed by atoms with Crippen LogP contribution in [0.2, 0.25) is 0 Å². The predicted octanol–water partition coefficient (Wildman–Crippen LogP) is 6.68. The third kappa shape index (κ3) is 4.37. The zero-order valence-corrected chi connectivity index (χ0v) is 18.9. The van der Waals surface area contributed by atoms with E-state index in [0.29, 0.717) is 23.3 Å². The molecule has 0 radical (unpaired) electrons. The van der Waals surface area contributed by atoms with E-state index in [1.807, 2.05) is 18.2 Å². The number of fused-ring (bicyclic) bond motifs is 1. The number of methoxy groups -OCH3 is 1. The molecule has 0 spiro atoms. The topological polar surface area (TPSA) is 55.8 Å². The van der Waals surface area contributed by atoms with Crippen molar-refractivity contribution in [2.75, 3.05) is 7.11 Å². The number of halogens is 2. The molecule has 34 heavy (non-hydrogen) atoms. The highest BCUT2D eigenvalue weighted by atomic mass is 19.1. The first kappa shape index (κ1) is 22.4. The van der Waals surface area contributed by atoms with Crippen molar-refractivity contribution in [1.29, 1.82) is 0 Å². The van der Waals surface area contributed by atoms with Gasteiger partial charge in [-0.15, -0.1) is 0 Å². The molecule has 1 saturated carbocycles. The smallest absolute Gasteiger partial charge is 0.303 e. The SMILES string of the molecule is COc1ccc(F)c(-c2ccc3c(c2)CC[C@H]3Oc2cccc(C(CC(=O)O)C3CC3)c2F)c1. The minimum Gasteiger partial charge on any atom is -0.497 e. The highest BCUT2D eigenvalue weighted by Gasteiger charge is 2.36. The molecule has 1 fully saturated rings. The van der Waals surface area contributed by atoms with E-state index in [4.69, 9.17) is 9.47 Å². The summed E-state index contributed by atoms with van der Waals surface area (Å²) in [6.07, 6.45) is 2.88. The number of rotatable bonds is 8. The first-order valence-corrected chi connectivity index (χ1v) is 11.6. The Morgan fingerprint density at radius 3 is 2.65 bits per heavy atom. The Bertz CT molecular complexity index is 1240. The summed E-state index contributed by atoms with van der Waals surface area (Å²) in [5, 5.41) is 9.29. The average molecular weight is 465 g/mol. The van der Waals surface area contributed by atoms with E-state index >= 15 is 4.39 Å². The van der Waals surface area contributed by atoms with Crippen molar-refractivity contribution >= 4 is 5.97 Å². The zero-order valence-electron chi connectivity index (χ0n) is 18.9. The summed E-state index contributed by atoms with van der Waals surface area (Å²) in [5.74, 6) is -1.10. The third-order valence-corrected chi connectivity index (χ3v) is 6.90. The molecule has 0 heterocycles. The third-order valence-electron chi connectivity index (χ3n) is 6.90. The molecular weight excluding hydrogens is 438 g/mol. The predicted molar refractivity (Wildman–Crippen MR) is 124 cm³/mol. The van der Waals surface area contributed by atoms with E-state index in [1.165, 1.54) is 6.07 Å². The summed E-state index contributed by atoms with van der Waals surface area (Å²) in [5.41, 5.74) is 3.65. The molecule has 3 aromatic rings. The van der Waals surface area contributed by atoms with Gasteiger partial charge in [-0.2, -0.15) is 0 Å². The van der Waals surface area contributed by atoms with Crippen molar-refractivity contribution < 1.29 is 28.2 Å².